The molecule has 1 N–H and O–H groups in total. The molecule has 0 spiro atoms. The van der Waals surface area contributed by atoms with Gasteiger partial charge in [0.15, 0.2) is 0 Å². The largest absolute Gasteiger partial charge is 0.350 e. The van der Waals surface area contributed by atoms with E-state index in [9.17, 15) is 0 Å². The van der Waals surface area contributed by atoms with E-state index in [-0.39, 0.29) is 0 Å². The van der Waals surface area contributed by atoms with Crippen molar-refractivity contribution in [3.63, 3.8) is 0 Å². The van der Waals surface area contributed by atoms with Gasteiger partial charge in [-0.3, -0.25) is 0 Å². The summed E-state index contributed by atoms with van der Waals surface area (Å²) in [6, 6.07) is 4.32. The molecular formula is C11H14N2S. The zero-order valence-electron chi connectivity index (χ0n) is 8.23. The Labute approximate surface area is 88.2 Å². The predicted octanol–water partition coefficient (Wildman–Crippen LogP) is 2.32. The first-order valence-corrected chi connectivity index (χ1v) is 5.63. The third-order valence-electron chi connectivity index (χ3n) is 2.14. The fourth-order valence-electron chi connectivity index (χ4n) is 1.49. The van der Waals surface area contributed by atoms with Crippen LogP contribution in [0.15, 0.2) is 35.3 Å². The second-order valence-corrected chi connectivity index (χ2v) is 4.13. The van der Waals surface area contributed by atoms with Crippen LogP contribution in [0.1, 0.15) is 11.1 Å². The van der Waals surface area contributed by atoms with Crippen molar-refractivity contribution in [2.24, 2.45) is 0 Å². The summed E-state index contributed by atoms with van der Waals surface area (Å²) in [6.07, 6.45) is 4.32. The van der Waals surface area contributed by atoms with E-state index in [0.29, 0.717) is 0 Å². The third kappa shape index (κ3) is 2.25. The Kier molecular flexibility index (Phi) is 3.01. The smallest absolute Gasteiger partial charge is 0.0478 e. The monoisotopic (exact) mass is 206 g/mol. The van der Waals surface area contributed by atoms with Gasteiger partial charge in [0.25, 0.3) is 0 Å². The molecular weight excluding hydrogens is 192 g/mol. The molecule has 0 fully saturated rings. The second kappa shape index (κ2) is 4.44. The summed E-state index contributed by atoms with van der Waals surface area (Å²) in [6.45, 7) is 1.92. The van der Waals surface area contributed by atoms with Gasteiger partial charge in [0.2, 0.25) is 0 Å². The normalized spacial score (nSPS) is 10.6. The number of hydrogen-bond donors (Lipinski definition) is 1. The summed E-state index contributed by atoms with van der Waals surface area (Å²) in [5, 5.41) is 7.46. The maximum atomic E-state index is 3.14. The minimum atomic E-state index is 0.941. The van der Waals surface area contributed by atoms with Gasteiger partial charge in [-0.15, -0.1) is 0 Å². The molecule has 74 valence electrons. The molecule has 2 nitrogen and oxygen atoms in total. The molecule has 0 unspecified atom stereocenters. The zero-order chi connectivity index (χ0) is 9.80. The molecule has 2 heterocycles. The summed E-state index contributed by atoms with van der Waals surface area (Å²) in [7, 11) is 1.97. The molecule has 14 heavy (non-hydrogen) atoms. The van der Waals surface area contributed by atoms with Crippen LogP contribution >= 0.6 is 11.3 Å². The summed E-state index contributed by atoms with van der Waals surface area (Å²) in [5.41, 5.74) is 2.71. The Bertz CT molecular complexity index is 376. The van der Waals surface area contributed by atoms with Gasteiger partial charge in [0.05, 0.1) is 0 Å². The molecule has 0 saturated heterocycles. The van der Waals surface area contributed by atoms with E-state index in [0.717, 1.165) is 13.1 Å². The van der Waals surface area contributed by atoms with Crippen molar-refractivity contribution >= 4 is 11.3 Å². The molecule has 2 aromatic rings. The zero-order valence-corrected chi connectivity index (χ0v) is 9.05. The van der Waals surface area contributed by atoms with E-state index in [1.807, 2.05) is 7.05 Å². The molecule has 2 aromatic heterocycles. The summed E-state index contributed by atoms with van der Waals surface area (Å²) in [5.74, 6) is 0. The van der Waals surface area contributed by atoms with E-state index in [1.165, 1.54) is 11.1 Å². The van der Waals surface area contributed by atoms with Crippen molar-refractivity contribution < 1.29 is 0 Å². The van der Waals surface area contributed by atoms with Gasteiger partial charge in [-0.05, 0) is 41.1 Å². The van der Waals surface area contributed by atoms with Gasteiger partial charge >= 0.3 is 0 Å². The molecule has 0 aliphatic carbocycles. The van der Waals surface area contributed by atoms with Crippen LogP contribution < -0.4 is 5.32 Å². The Hall–Kier alpha value is -1.06. The van der Waals surface area contributed by atoms with Crippen LogP contribution in [0.3, 0.4) is 0 Å². The quantitative estimate of drug-likeness (QED) is 0.812. The van der Waals surface area contributed by atoms with Gasteiger partial charge in [-0.25, -0.2) is 0 Å². The van der Waals surface area contributed by atoms with Crippen molar-refractivity contribution in [1.82, 2.24) is 9.88 Å². The fraction of sp³-hybridized carbons (Fsp3) is 0.273. The minimum Gasteiger partial charge on any atom is -0.350 e. The summed E-state index contributed by atoms with van der Waals surface area (Å²) >= 11 is 1.75. The van der Waals surface area contributed by atoms with Crippen molar-refractivity contribution in [3.05, 3.63) is 46.4 Å². The maximum Gasteiger partial charge on any atom is 0.0478 e. The highest BCUT2D eigenvalue weighted by Crippen LogP contribution is 2.09. The first kappa shape index (κ1) is 9.49. The van der Waals surface area contributed by atoms with E-state index < -0.39 is 0 Å². The van der Waals surface area contributed by atoms with E-state index >= 15 is 0 Å². The van der Waals surface area contributed by atoms with Crippen LogP contribution in [0.25, 0.3) is 0 Å². The molecule has 2 rings (SSSR count). The van der Waals surface area contributed by atoms with Crippen LogP contribution in [0.2, 0.25) is 0 Å². The van der Waals surface area contributed by atoms with Gasteiger partial charge in [-0.2, -0.15) is 11.3 Å². The number of hydrogen-bond acceptors (Lipinski definition) is 2. The number of nitrogens with zero attached hydrogens (tertiary/aromatic N) is 1. The average Bonchev–Trinajstić information content (AvgIpc) is 2.79. The number of thiophene rings is 1. The van der Waals surface area contributed by atoms with Crippen LogP contribution in [-0.4, -0.2) is 11.6 Å². The highest BCUT2D eigenvalue weighted by molar-refractivity contribution is 7.07. The van der Waals surface area contributed by atoms with E-state index in [1.54, 1.807) is 11.3 Å². The van der Waals surface area contributed by atoms with Gasteiger partial charge < -0.3 is 9.88 Å². The lowest BCUT2D eigenvalue weighted by molar-refractivity contribution is 0.784. The van der Waals surface area contributed by atoms with Crippen molar-refractivity contribution in [2.75, 3.05) is 7.05 Å². The van der Waals surface area contributed by atoms with Crippen LogP contribution in [0.5, 0.6) is 0 Å². The summed E-state index contributed by atoms with van der Waals surface area (Å²) in [4.78, 5) is 0. The van der Waals surface area contributed by atoms with Gasteiger partial charge in [-0.1, -0.05) is 0 Å². The van der Waals surface area contributed by atoms with Crippen molar-refractivity contribution in [2.45, 2.75) is 13.1 Å². The second-order valence-electron chi connectivity index (χ2n) is 3.35. The highest BCUT2D eigenvalue weighted by atomic mass is 32.1. The first-order chi connectivity index (χ1) is 6.88. The molecule has 0 atom stereocenters. The first-order valence-electron chi connectivity index (χ1n) is 4.69. The molecule has 3 heteroatoms. The lowest BCUT2D eigenvalue weighted by atomic mass is 10.3. The van der Waals surface area contributed by atoms with Crippen molar-refractivity contribution in [3.8, 4) is 0 Å². The Morgan fingerprint density at radius 2 is 2.29 bits per heavy atom. The average molecular weight is 206 g/mol. The standard InChI is InChI=1S/C11H14N2S/c1-12-6-10-2-4-13(7-10)8-11-3-5-14-9-11/h2-5,7,9,12H,6,8H2,1H3. The Balaban J connectivity index is 2.03. The van der Waals surface area contributed by atoms with Gasteiger partial charge in [0, 0.05) is 25.5 Å². The minimum absolute atomic E-state index is 0.941. The van der Waals surface area contributed by atoms with E-state index in [4.69, 9.17) is 0 Å². The van der Waals surface area contributed by atoms with Crippen LogP contribution in [-0.2, 0) is 13.1 Å². The number of aromatic nitrogens is 1. The Morgan fingerprint density at radius 1 is 1.36 bits per heavy atom. The Morgan fingerprint density at radius 3 is 3.00 bits per heavy atom. The third-order valence-corrected chi connectivity index (χ3v) is 2.87. The molecule has 0 aliphatic heterocycles. The number of nitrogens with one attached hydrogen (secondary N) is 1. The van der Waals surface area contributed by atoms with Crippen LogP contribution in [0.4, 0.5) is 0 Å². The molecule has 0 saturated carbocycles. The summed E-state index contributed by atoms with van der Waals surface area (Å²) < 4.78 is 2.22. The molecule has 0 aliphatic rings. The molecule has 0 aromatic carbocycles. The maximum absolute atomic E-state index is 3.14. The van der Waals surface area contributed by atoms with Crippen LogP contribution in [0, 0.1) is 0 Å². The molecule has 0 amide bonds. The van der Waals surface area contributed by atoms with E-state index in [2.05, 4.69) is 45.2 Å². The lowest BCUT2D eigenvalue weighted by Crippen LogP contribution is -2.04. The fourth-order valence-corrected chi connectivity index (χ4v) is 2.15. The lowest BCUT2D eigenvalue weighted by Gasteiger charge is -1.99. The van der Waals surface area contributed by atoms with Crippen molar-refractivity contribution in [1.29, 1.82) is 0 Å². The predicted molar refractivity (Wildman–Crippen MR) is 60.6 cm³/mol. The number of rotatable bonds is 4. The topological polar surface area (TPSA) is 17.0 Å². The molecule has 0 bridgehead atoms. The SMILES string of the molecule is CNCc1ccn(Cc2ccsc2)c1. The van der Waals surface area contributed by atoms with Gasteiger partial charge in [0.1, 0.15) is 0 Å². The highest BCUT2D eigenvalue weighted by Gasteiger charge is 1.97. The molecule has 0 radical (unpaired) electrons.